The van der Waals surface area contributed by atoms with Gasteiger partial charge in [-0.3, -0.25) is 9.59 Å². The normalized spacial score (nSPS) is 15.6. The van der Waals surface area contributed by atoms with Crippen LogP contribution in [0.5, 0.6) is 5.75 Å². The monoisotopic (exact) mass is 381 g/mol. The smallest absolute Gasteiger partial charge is 0.267 e. The Morgan fingerprint density at radius 3 is 2.64 bits per heavy atom. The number of benzene rings is 2. The van der Waals surface area contributed by atoms with Crippen molar-refractivity contribution < 1.29 is 14.3 Å². The van der Waals surface area contributed by atoms with Crippen LogP contribution in [-0.2, 0) is 9.59 Å². The zero-order chi connectivity index (χ0) is 19.9. The summed E-state index contributed by atoms with van der Waals surface area (Å²) in [6.07, 6.45) is 0.584. The van der Waals surface area contributed by atoms with E-state index in [-0.39, 0.29) is 18.2 Å². The van der Waals surface area contributed by atoms with Crippen LogP contribution in [0.15, 0.2) is 54.6 Å². The fourth-order valence-corrected chi connectivity index (χ4v) is 3.25. The summed E-state index contributed by atoms with van der Waals surface area (Å²) in [5, 5.41) is 2.94. The molecule has 148 valence electrons. The Morgan fingerprint density at radius 1 is 1.14 bits per heavy atom. The van der Waals surface area contributed by atoms with Crippen molar-refractivity contribution in [3.05, 3.63) is 54.6 Å². The van der Waals surface area contributed by atoms with E-state index < -0.39 is 6.10 Å². The minimum absolute atomic E-state index is 0.0493. The lowest BCUT2D eigenvalue weighted by Crippen LogP contribution is -2.45. The summed E-state index contributed by atoms with van der Waals surface area (Å²) in [6.45, 7) is 3.55. The van der Waals surface area contributed by atoms with Crippen molar-refractivity contribution in [3.63, 3.8) is 0 Å². The summed E-state index contributed by atoms with van der Waals surface area (Å²) in [5.74, 6) is 0.515. The van der Waals surface area contributed by atoms with E-state index in [9.17, 15) is 9.59 Å². The third-order valence-electron chi connectivity index (χ3n) is 4.83. The second kappa shape index (κ2) is 9.26. The second-order valence-corrected chi connectivity index (χ2v) is 6.93. The summed E-state index contributed by atoms with van der Waals surface area (Å²) < 4.78 is 5.62. The molecule has 0 saturated carbocycles. The third kappa shape index (κ3) is 4.82. The summed E-state index contributed by atoms with van der Waals surface area (Å²) >= 11 is 0. The van der Waals surface area contributed by atoms with Crippen molar-refractivity contribution in [2.75, 3.05) is 36.5 Å². The van der Waals surface area contributed by atoms with Crippen LogP contribution in [0.3, 0.4) is 0 Å². The molecule has 2 aromatic rings. The van der Waals surface area contributed by atoms with Gasteiger partial charge < -0.3 is 19.9 Å². The molecule has 1 heterocycles. The number of anilines is 2. The first kappa shape index (κ1) is 19.7. The molecule has 3 rings (SSSR count). The van der Waals surface area contributed by atoms with Gasteiger partial charge in [-0.2, -0.15) is 0 Å². The van der Waals surface area contributed by atoms with Crippen molar-refractivity contribution in [3.8, 4) is 5.75 Å². The van der Waals surface area contributed by atoms with E-state index in [1.807, 2.05) is 49.5 Å². The van der Waals surface area contributed by atoms with Crippen molar-refractivity contribution in [1.82, 2.24) is 5.32 Å². The number of para-hydroxylation sites is 3. The molecule has 1 unspecified atom stereocenters. The van der Waals surface area contributed by atoms with Gasteiger partial charge in [-0.15, -0.1) is 0 Å². The molecule has 1 aliphatic rings. The van der Waals surface area contributed by atoms with Gasteiger partial charge in [0, 0.05) is 38.8 Å². The molecule has 0 saturated heterocycles. The molecule has 1 atom stereocenters. The average molecular weight is 381 g/mol. The van der Waals surface area contributed by atoms with Gasteiger partial charge in [-0.1, -0.05) is 30.3 Å². The molecule has 1 aliphatic heterocycles. The van der Waals surface area contributed by atoms with Gasteiger partial charge in [0.2, 0.25) is 5.91 Å². The summed E-state index contributed by atoms with van der Waals surface area (Å²) in [5.41, 5.74) is 1.88. The van der Waals surface area contributed by atoms with E-state index in [1.165, 1.54) is 0 Å². The predicted molar refractivity (Wildman–Crippen MR) is 111 cm³/mol. The Balaban J connectivity index is 1.43. The van der Waals surface area contributed by atoms with Crippen LogP contribution in [-0.4, -0.2) is 44.6 Å². The van der Waals surface area contributed by atoms with Gasteiger partial charge in [-0.05, 0) is 37.6 Å². The molecule has 28 heavy (non-hydrogen) atoms. The van der Waals surface area contributed by atoms with Gasteiger partial charge >= 0.3 is 0 Å². The first-order valence-electron chi connectivity index (χ1n) is 9.66. The Bertz CT molecular complexity index is 810. The molecule has 6 heteroatoms. The number of ether oxygens (including phenoxy) is 1. The Morgan fingerprint density at radius 2 is 1.86 bits per heavy atom. The van der Waals surface area contributed by atoms with Gasteiger partial charge in [0.25, 0.3) is 5.91 Å². The number of nitrogens with one attached hydrogen (secondary N) is 1. The van der Waals surface area contributed by atoms with Crippen LogP contribution in [0.2, 0.25) is 0 Å². The van der Waals surface area contributed by atoms with E-state index >= 15 is 0 Å². The topological polar surface area (TPSA) is 61.9 Å². The lowest BCUT2D eigenvalue weighted by Gasteiger charge is -2.32. The maximum atomic E-state index is 12.4. The predicted octanol–water partition coefficient (Wildman–Crippen LogP) is 2.83. The van der Waals surface area contributed by atoms with Crippen LogP contribution >= 0.6 is 0 Å². The molecule has 1 N–H and O–H groups in total. The van der Waals surface area contributed by atoms with Crippen molar-refractivity contribution in [2.45, 2.75) is 25.9 Å². The SMILES string of the molecule is CC1Oc2ccccc2N(CCC(=O)NCCCN(C)c2ccccc2)C1=O. The maximum Gasteiger partial charge on any atom is 0.267 e. The zero-order valence-electron chi connectivity index (χ0n) is 16.4. The minimum Gasteiger partial charge on any atom is -0.479 e. The quantitative estimate of drug-likeness (QED) is 0.715. The van der Waals surface area contributed by atoms with E-state index in [0.29, 0.717) is 18.8 Å². The fraction of sp³-hybridized carbons (Fsp3) is 0.364. The molecule has 0 bridgehead atoms. The summed E-state index contributed by atoms with van der Waals surface area (Å²) in [7, 11) is 2.04. The molecule has 2 aromatic carbocycles. The minimum atomic E-state index is -0.536. The van der Waals surface area contributed by atoms with Crippen LogP contribution in [0, 0.1) is 0 Å². The van der Waals surface area contributed by atoms with Crippen molar-refractivity contribution >= 4 is 23.2 Å². The Hall–Kier alpha value is -3.02. The molecule has 0 spiro atoms. The number of hydrogen-bond acceptors (Lipinski definition) is 4. The molecular formula is C22H27N3O3. The average Bonchev–Trinajstić information content (AvgIpc) is 2.72. The van der Waals surface area contributed by atoms with Crippen molar-refractivity contribution in [2.24, 2.45) is 0 Å². The maximum absolute atomic E-state index is 12.4. The fourth-order valence-electron chi connectivity index (χ4n) is 3.25. The number of fused-ring (bicyclic) bond motifs is 1. The number of nitrogens with zero attached hydrogens (tertiary/aromatic N) is 2. The summed E-state index contributed by atoms with van der Waals surface area (Å²) in [6, 6.07) is 17.6. The lowest BCUT2D eigenvalue weighted by atomic mass is 10.1. The van der Waals surface area contributed by atoms with Crippen LogP contribution in [0.25, 0.3) is 0 Å². The molecule has 0 aromatic heterocycles. The van der Waals surface area contributed by atoms with E-state index in [4.69, 9.17) is 4.74 Å². The van der Waals surface area contributed by atoms with Gasteiger partial charge in [0.1, 0.15) is 5.75 Å². The number of amides is 2. The van der Waals surface area contributed by atoms with Crippen LogP contribution < -0.4 is 19.9 Å². The number of hydrogen-bond donors (Lipinski definition) is 1. The largest absolute Gasteiger partial charge is 0.479 e. The van der Waals surface area contributed by atoms with Gasteiger partial charge in [0.05, 0.1) is 5.69 Å². The van der Waals surface area contributed by atoms with E-state index in [0.717, 1.165) is 24.3 Å². The number of carbonyl (C=O) groups excluding carboxylic acids is 2. The number of rotatable bonds is 8. The first-order chi connectivity index (χ1) is 13.6. The van der Waals surface area contributed by atoms with Crippen LogP contribution in [0.1, 0.15) is 19.8 Å². The summed E-state index contributed by atoms with van der Waals surface area (Å²) in [4.78, 5) is 28.4. The molecule has 0 fully saturated rings. The first-order valence-corrected chi connectivity index (χ1v) is 9.66. The molecule has 6 nitrogen and oxygen atoms in total. The molecule has 2 amide bonds. The van der Waals surface area contributed by atoms with E-state index in [2.05, 4.69) is 22.3 Å². The van der Waals surface area contributed by atoms with Gasteiger partial charge in [0.15, 0.2) is 6.10 Å². The molecular weight excluding hydrogens is 354 g/mol. The standard InChI is InChI=1S/C22H27N3O3/c1-17-22(27)25(19-11-6-7-12-20(19)28-17)16-13-21(26)23-14-8-15-24(2)18-9-4-3-5-10-18/h3-7,9-12,17H,8,13-16H2,1-2H3,(H,23,26). The van der Waals surface area contributed by atoms with Crippen molar-refractivity contribution in [1.29, 1.82) is 0 Å². The second-order valence-electron chi connectivity index (χ2n) is 6.93. The van der Waals surface area contributed by atoms with Gasteiger partial charge in [-0.25, -0.2) is 0 Å². The highest BCUT2D eigenvalue weighted by molar-refractivity contribution is 6.00. The Labute approximate surface area is 166 Å². The highest BCUT2D eigenvalue weighted by Crippen LogP contribution is 2.33. The molecule has 0 radical (unpaired) electrons. The highest BCUT2D eigenvalue weighted by atomic mass is 16.5. The van der Waals surface area contributed by atoms with E-state index in [1.54, 1.807) is 11.8 Å². The third-order valence-corrected chi connectivity index (χ3v) is 4.83. The number of carbonyl (C=O) groups is 2. The zero-order valence-corrected chi connectivity index (χ0v) is 16.4. The van der Waals surface area contributed by atoms with Crippen LogP contribution in [0.4, 0.5) is 11.4 Å². The lowest BCUT2D eigenvalue weighted by molar-refractivity contribution is -0.125. The Kier molecular flexibility index (Phi) is 6.53. The molecule has 0 aliphatic carbocycles. The highest BCUT2D eigenvalue weighted by Gasteiger charge is 2.31.